The van der Waals surface area contributed by atoms with Crippen LogP contribution in [-0.2, 0) is 22.4 Å². The maximum Gasteiger partial charge on any atom is 0.359 e. The van der Waals surface area contributed by atoms with Gasteiger partial charge in [0.05, 0.1) is 10.6 Å². The van der Waals surface area contributed by atoms with Crippen LogP contribution in [0.5, 0.6) is 0 Å². The molecule has 1 atom stereocenters. The van der Waals surface area contributed by atoms with Gasteiger partial charge in [-0.3, -0.25) is 14.9 Å². The molecule has 1 aromatic heterocycles. The number of hydrogen-bond acceptors (Lipinski definition) is 6. The number of nitrogens with zero attached hydrogens (tertiary/aromatic N) is 3. The Morgan fingerprint density at radius 2 is 1.94 bits per heavy atom. The van der Waals surface area contributed by atoms with Crippen LogP contribution in [0.3, 0.4) is 0 Å². The fourth-order valence-corrected chi connectivity index (χ4v) is 3.60. The van der Waals surface area contributed by atoms with Crippen LogP contribution in [0.25, 0.3) is 5.69 Å². The number of nitrogens with one attached hydrogen (secondary N) is 1. The Morgan fingerprint density at radius 3 is 2.68 bits per heavy atom. The fourth-order valence-electron chi connectivity index (χ4n) is 3.60. The Hall–Kier alpha value is -4.01. The molecule has 1 N–H and O–H groups in total. The molecule has 9 nitrogen and oxygen atoms in total. The number of ether oxygens (including phenoxy) is 1. The largest absolute Gasteiger partial charge is 0.448 e. The van der Waals surface area contributed by atoms with Crippen molar-refractivity contribution >= 4 is 23.3 Å². The van der Waals surface area contributed by atoms with E-state index in [1.165, 1.54) is 31.2 Å². The van der Waals surface area contributed by atoms with Gasteiger partial charge in [0.15, 0.2) is 11.8 Å². The summed E-state index contributed by atoms with van der Waals surface area (Å²) in [4.78, 5) is 35.6. The number of aromatic nitrogens is 2. The maximum atomic E-state index is 12.8. The van der Waals surface area contributed by atoms with Crippen molar-refractivity contribution in [1.29, 1.82) is 0 Å². The third-order valence-corrected chi connectivity index (χ3v) is 5.10. The van der Waals surface area contributed by atoms with Crippen molar-refractivity contribution in [2.75, 3.05) is 5.32 Å². The summed E-state index contributed by atoms with van der Waals surface area (Å²) in [5.41, 5.74) is 3.00. The normalized spacial score (nSPS) is 13.3. The van der Waals surface area contributed by atoms with E-state index in [1.54, 1.807) is 4.68 Å². The highest BCUT2D eigenvalue weighted by atomic mass is 16.6. The van der Waals surface area contributed by atoms with E-state index < -0.39 is 22.9 Å². The third-order valence-electron chi connectivity index (χ3n) is 5.10. The molecule has 0 aliphatic heterocycles. The number of carbonyl (C=O) groups is 2. The molecule has 0 saturated heterocycles. The van der Waals surface area contributed by atoms with Crippen LogP contribution < -0.4 is 5.32 Å². The molecule has 4 rings (SSSR count). The lowest BCUT2D eigenvalue weighted by atomic mass is 10.2. The molecule has 0 saturated carbocycles. The van der Waals surface area contributed by atoms with E-state index in [1.807, 2.05) is 30.3 Å². The number of benzene rings is 2. The number of rotatable bonds is 6. The van der Waals surface area contributed by atoms with Crippen molar-refractivity contribution in [3.05, 3.63) is 81.7 Å². The van der Waals surface area contributed by atoms with Gasteiger partial charge in [-0.1, -0.05) is 24.3 Å². The molecular weight excluding hydrogens is 400 g/mol. The van der Waals surface area contributed by atoms with Crippen molar-refractivity contribution in [2.24, 2.45) is 0 Å². The second kappa shape index (κ2) is 8.39. The molecule has 1 aliphatic carbocycles. The number of fused-ring (bicyclic) bond motifs is 1. The molecule has 1 amide bonds. The van der Waals surface area contributed by atoms with Crippen LogP contribution in [0, 0.1) is 10.1 Å². The van der Waals surface area contributed by atoms with E-state index in [4.69, 9.17) is 4.74 Å². The summed E-state index contributed by atoms with van der Waals surface area (Å²) in [7, 11) is 0. The van der Waals surface area contributed by atoms with Gasteiger partial charge in [-0.25, -0.2) is 9.48 Å². The number of non-ortho nitro benzene ring substituents is 1. The SMILES string of the molecule is CC(OC(=O)c1nn(-c2ccccc2)c2c1CCC2)C(=O)Nc1cccc([N+](=O)[O-])c1. The zero-order valence-electron chi connectivity index (χ0n) is 16.8. The molecule has 0 spiro atoms. The Morgan fingerprint density at radius 1 is 1.16 bits per heavy atom. The third kappa shape index (κ3) is 4.16. The molecule has 3 aromatic rings. The lowest BCUT2D eigenvalue weighted by molar-refractivity contribution is -0.384. The van der Waals surface area contributed by atoms with Gasteiger partial charge in [0.25, 0.3) is 11.6 Å². The molecule has 1 unspecified atom stereocenters. The Kier molecular flexibility index (Phi) is 5.48. The summed E-state index contributed by atoms with van der Waals surface area (Å²) in [6.07, 6.45) is 1.35. The average molecular weight is 420 g/mol. The van der Waals surface area contributed by atoms with Crippen LogP contribution in [0.1, 0.15) is 35.1 Å². The van der Waals surface area contributed by atoms with Crippen LogP contribution >= 0.6 is 0 Å². The molecule has 9 heteroatoms. The highest BCUT2D eigenvalue weighted by Gasteiger charge is 2.29. The molecule has 0 radical (unpaired) electrons. The van der Waals surface area contributed by atoms with Crippen molar-refractivity contribution in [3.63, 3.8) is 0 Å². The molecule has 1 aliphatic rings. The second-order valence-electron chi connectivity index (χ2n) is 7.22. The topological polar surface area (TPSA) is 116 Å². The monoisotopic (exact) mass is 420 g/mol. The molecule has 0 bridgehead atoms. The number of para-hydroxylation sites is 1. The van der Waals surface area contributed by atoms with E-state index in [2.05, 4.69) is 10.4 Å². The zero-order valence-corrected chi connectivity index (χ0v) is 16.8. The number of nitro groups is 1. The van der Waals surface area contributed by atoms with Gasteiger partial charge < -0.3 is 10.1 Å². The second-order valence-corrected chi connectivity index (χ2v) is 7.22. The molecule has 158 valence electrons. The minimum atomic E-state index is -1.11. The van der Waals surface area contributed by atoms with Crippen LogP contribution in [-0.4, -0.2) is 32.7 Å². The minimum Gasteiger partial charge on any atom is -0.448 e. The molecule has 31 heavy (non-hydrogen) atoms. The van der Waals surface area contributed by atoms with Crippen molar-refractivity contribution in [3.8, 4) is 5.69 Å². The van der Waals surface area contributed by atoms with E-state index in [0.717, 1.165) is 36.2 Å². The number of anilines is 1. The Bertz CT molecular complexity index is 1160. The van der Waals surface area contributed by atoms with Crippen molar-refractivity contribution in [2.45, 2.75) is 32.3 Å². The van der Waals surface area contributed by atoms with Crippen LogP contribution in [0.4, 0.5) is 11.4 Å². The smallest absolute Gasteiger partial charge is 0.359 e. The average Bonchev–Trinajstić information content (AvgIpc) is 3.37. The quantitative estimate of drug-likeness (QED) is 0.371. The van der Waals surface area contributed by atoms with Gasteiger partial charge >= 0.3 is 5.97 Å². The van der Waals surface area contributed by atoms with Gasteiger partial charge in [-0.05, 0) is 44.4 Å². The first-order valence-electron chi connectivity index (χ1n) is 9.86. The number of hydrogen-bond donors (Lipinski definition) is 1. The van der Waals surface area contributed by atoms with Gasteiger partial charge in [0.2, 0.25) is 0 Å². The summed E-state index contributed by atoms with van der Waals surface area (Å²) in [6, 6.07) is 15.1. The maximum absolute atomic E-state index is 12.8. The van der Waals surface area contributed by atoms with E-state index in [-0.39, 0.29) is 17.1 Å². The number of nitro benzene ring substituents is 1. The predicted molar refractivity (Wildman–Crippen MR) is 112 cm³/mol. The van der Waals surface area contributed by atoms with Crippen molar-refractivity contribution in [1.82, 2.24) is 9.78 Å². The zero-order chi connectivity index (χ0) is 22.0. The standard InChI is InChI=1S/C22H20N4O5/c1-14(21(27)23-15-7-5-10-17(13-15)26(29)30)31-22(28)20-18-11-6-12-19(18)25(24-20)16-8-3-2-4-9-16/h2-5,7-10,13-14H,6,11-12H2,1H3,(H,23,27). The van der Waals surface area contributed by atoms with Gasteiger partial charge in [0.1, 0.15) is 0 Å². The van der Waals surface area contributed by atoms with Crippen LogP contribution in [0.15, 0.2) is 54.6 Å². The first-order chi connectivity index (χ1) is 14.9. The summed E-state index contributed by atoms with van der Waals surface area (Å²) in [5.74, 6) is -1.26. The lowest BCUT2D eigenvalue weighted by Gasteiger charge is -2.13. The predicted octanol–water partition coefficient (Wildman–Crippen LogP) is 3.45. The first kappa shape index (κ1) is 20.3. The summed E-state index contributed by atoms with van der Waals surface area (Å²) in [6.45, 7) is 1.44. The van der Waals surface area contributed by atoms with Gasteiger partial charge in [-0.2, -0.15) is 5.10 Å². The fraction of sp³-hybridized carbons (Fsp3) is 0.227. The molecule has 1 heterocycles. The number of amides is 1. The van der Waals surface area contributed by atoms with E-state index in [9.17, 15) is 19.7 Å². The summed E-state index contributed by atoms with van der Waals surface area (Å²) < 4.78 is 7.12. The number of esters is 1. The van der Waals surface area contributed by atoms with Crippen LogP contribution in [0.2, 0.25) is 0 Å². The Balaban J connectivity index is 1.49. The summed E-state index contributed by atoms with van der Waals surface area (Å²) in [5, 5.41) is 17.9. The first-order valence-corrected chi connectivity index (χ1v) is 9.86. The van der Waals surface area contributed by atoms with E-state index >= 15 is 0 Å². The highest BCUT2D eigenvalue weighted by Crippen LogP contribution is 2.28. The molecule has 0 fully saturated rings. The summed E-state index contributed by atoms with van der Waals surface area (Å²) >= 11 is 0. The Labute approximate surface area is 177 Å². The molecule has 2 aromatic carbocycles. The number of carbonyl (C=O) groups excluding carboxylic acids is 2. The van der Waals surface area contributed by atoms with Gasteiger partial charge in [0, 0.05) is 29.1 Å². The van der Waals surface area contributed by atoms with Gasteiger partial charge in [-0.15, -0.1) is 0 Å². The lowest BCUT2D eigenvalue weighted by Crippen LogP contribution is -2.30. The van der Waals surface area contributed by atoms with E-state index in [0.29, 0.717) is 0 Å². The van der Waals surface area contributed by atoms with Crippen molar-refractivity contribution < 1.29 is 19.2 Å². The highest BCUT2D eigenvalue weighted by molar-refractivity contribution is 5.97. The minimum absolute atomic E-state index is 0.149. The molecular formula is C22H20N4O5.